The van der Waals surface area contributed by atoms with Crippen molar-refractivity contribution in [2.24, 2.45) is 0 Å². The molecule has 0 radical (unpaired) electrons. The monoisotopic (exact) mass is 222 g/mol. The summed E-state index contributed by atoms with van der Waals surface area (Å²) in [6.07, 6.45) is 2.08. The standard InChI is InChI=1S/C12H15FN2O/c1-14-11-9(5-4-6-10(11)13)12(16)15-7-2-3-8-15/h4-6,14H,2-3,7-8H2,1H3. The van der Waals surface area contributed by atoms with Gasteiger partial charge in [-0.05, 0) is 25.0 Å². The van der Waals surface area contributed by atoms with Gasteiger partial charge in [0.25, 0.3) is 5.91 Å². The summed E-state index contributed by atoms with van der Waals surface area (Å²) in [6.45, 7) is 1.55. The Morgan fingerprint density at radius 3 is 2.69 bits per heavy atom. The summed E-state index contributed by atoms with van der Waals surface area (Å²) in [5.41, 5.74) is 0.712. The van der Waals surface area contributed by atoms with Gasteiger partial charge < -0.3 is 10.2 Å². The Kier molecular flexibility index (Phi) is 3.08. The second-order valence-corrected chi connectivity index (χ2v) is 3.91. The number of para-hydroxylation sites is 1. The third-order valence-corrected chi connectivity index (χ3v) is 2.89. The van der Waals surface area contributed by atoms with Crippen LogP contribution in [0, 0.1) is 5.82 Å². The number of hydrogen-bond acceptors (Lipinski definition) is 2. The summed E-state index contributed by atoms with van der Waals surface area (Å²) in [4.78, 5) is 13.9. The highest BCUT2D eigenvalue weighted by atomic mass is 19.1. The van der Waals surface area contributed by atoms with E-state index in [0.29, 0.717) is 11.3 Å². The number of benzene rings is 1. The predicted molar refractivity (Wildman–Crippen MR) is 61.1 cm³/mol. The molecule has 0 bridgehead atoms. The van der Waals surface area contributed by atoms with E-state index in [1.54, 1.807) is 24.1 Å². The van der Waals surface area contributed by atoms with Gasteiger partial charge in [-0.2, -0.15) is 0 Å². The van der Waals surface area contributed by atoms with Gasteiger partial charge in [0.05, 0.1) is 11.3 Å². The Bertz CT molecular complexity index is 400. The molecule has 1 aromatic carbocycles. The Morgan fingerprint density at radius 2 is 2.06 bits per heavy atom. The molecule has 1 fully saturated rings. The molecule has 1 saturated heterocycles. The lowest BCUT2D eigenvalue weighted by Gasteiger charge is -2.17. The quantitative estimate of drug-likeness (QED) is 0.831. The fourth-order valence-electron chi connectivity index (χ4n) is 2.05. The molecule has 1 amide bonds. The van der Waals surface area contributed by atoms with Crippen molar-refractivity contribution < 1.29 is 9.18 Å². The summed E-state index contributed by atoms with van der Waals surface area (Å²) in [7, 11) is 1.62. The minimum absolute atomic E-state index is 0.0821. The Balaban J connectivity index is 2.31. The molecule has 1 N–H and O–H groups in total. The highest BCUT2D eigenvalue weighted by molar-refractivity contribution is 5.99. The number of anilines is 1. The molecule has 0 unspecified atom stereocenters. The van der Waals surface area contributed by atoms with Gasteiger partial charge in [-0.15, -0.1) is 0 Å². The molecule has 0 saturated carbocycles. The van der Waals surface area contributed by atoms with E-state index in [1.165, 1.54) is 6.07 Å². The van der Waals surface area contributed by atoms with Crippen LogP contribution in [0.5, 0.6) is 0 Å². The minimum atomic E-state index is -0.382. The van der Waals surface area contributed by atoms with Crippen molar-refractivity contribution in [1.29, 1.82) is 0 Å². The number of hydrogen-bond donors (Lipinski definition) is 1. The Hall–Kier alpha value is -1.58. The molecule has 16 heavy (non-hydrogen) atoms. The lowest BCUT2D eigenvalue weighted by molar-refractivity contribution is 0.0793. The van der Waals surface area contributed by atoms with E-state index in [0.717, 1.165) is 25.9 Å². The fraction of sp³-hybridized carbons (Fsp3) is 0.417. The summed E-state index contributed by atoms with van der Waals surface area (Å²) < 4.78 is 13.5. The number of amides is 1. The zero-order valence-electron chi connectivity index (χ0n) is 9.29. The maximum absolute atomic E-state index is 13.5. The van der Waals surface area contributed by atoms with Gasteiger partial charge in [-0.3, -0.25) is 4.79 Å². The van der Waals surface area contributed by atoms with Gasteiger partial charge in [0, 0.05) is 20.1 Å². The first-order valence-electron chi connectivity index (χ1n) is 5.49. The van der Waals surface area contributed by atoms with E-state index >= 15 is 0 Å². The Labute approximate surface area is 94.3 Å². The van der Waals surface area contributed by atoms with E-state index in [1.807, 2.05) is 0 Å². The lowest BCUT2D eigenvalue weighted by atomic mass is 10.1. The smallest absolute Gasteiger partial charge is 0.256 e. The summed E-state index contributed by atoms with van der Waals surface area (Å²) in [5.74, 6) is -0.464. The van der Waals surface area contributed by atoms with E-state index in [4.69, 9.17) is 0 Å². The molecular formula is C12H15FN2O. The minimum Gasteiger partial charge on any atom is -0.385 e. The van der Waals surface area contributed by atoms with Gasteiger partial charge >= 0.3 is 0 Å². The highest BCUT2D eigenvalue weighted by Crippen LogP contribution is 2.22. The van der Waals surface area contributed by atoms with E-state index in [-0.39, 0.29) is 11.7 Å². The first-order valence-corrected chi connectivity index (χ1v) is 5.49. The zero-order chi connectivity index (χ0) is 11.5. The second kappa shape index (κ2) is 4.51. The maximum Gasteiger partial charge on any atom is 0.256 e. The zero-order valence-corrected chi connectivity index (χ0v) is 9.29. The number of likely N-dealkylation sites (tertiary alicyclic amines) is 1. The van der Waals surface area contributed by atoms with Crippen LogP contribution in [0.2, 0.25) is 0 Å². The number of nitrogens with zero attached hydrogens (tertiary/aromatic N) is 1. The van der Waals surface area contributed by atoms with Crippen molar-refractivity contribution >= 4 is 11.6 Å². The van der Waals surface area contributed by atoms with Gasteiger partial charge in [0.15, 0.2) is 0 Å². The predicted octanol–water partition coefficient (Wildman–Crippen LogP) is 2.10. The van der Waals surface area contributed by atoms with Crippen molar-refractivity contribution in [3.8, 4) is 0 Å². The van der Waals surface area contributed by atoms with Crippen molar-refractivity contribution in [1.82, 2.24) is 4.90 Å². The molecular weight excluding hydrogens is 207 g/mol. The largest absolute Gasteiger partial charge is 0.385 e. The van der Waals surface area contributed by atoms with E-state index in [9.17, 15) is 9.18 Å². The second-order valence-electron chi connectivity index (χ2n) is 3.91. The third-order valence-electron chi connectivity index (χ3n) is 2.89. The number of rotatable bonds is 2. The molecule has 2 rings (SSSR count). The summed E-state index contributed by atoms with van der Waals surface area (Å²) >= 11 is 0. The van der Waals surface area contributed by atoms with Crippen molar-refractivity contribution in [3.05, 3.63) is 29.6 Å². The number of nitrogens with one attached hydrogen (secondary N) is 1. The first kappa shape index (κ1) is 10.9. The van der Waals surface area contributed by atoms with Gasteiger partial charge in [-0.25, -0.2) is 4.39 Å². The van der Waals surface area contributed by atoms with Gasteiger partial charge in [0.2, 0.25) is 0 Å². The molecule has 1 aromatic rings. The van der Waals surface area contributed by atoms with Crippen LogP contribution in [-0.2, 0) is 0 Å². The molecule has 1 heterocycles. The van der Waals surface area contributed by atoms with Gasteiger partial charge in [0.1, 0.15) is 5.82 Å². The number of carbonyl (C=O) groups excluding carboxylic acids is 1. The summed E-state index contributed by atoms with van der Waals surface area (Å²) in [5, 5.41) is 2.75. The first-order chi connectivity index (χ1) is 7.74. The average Bonchev–Trinajstić information content (AvgIpc) is 2.81. The number of carbonyl (C=O) groups is 1. The van der Waals surface area contributed by atoms with Crippen LogP contribution in [-0.4, -0.2) is 30.9 Å². The average molecular weight is 222 g/mol. The van der Waals surface area contributed by atoms with Crippen LogP contribution in [0.3, 0.4) is 0 Å². The lowest BCUT2D eigenvalue weighted by Crippen LogP contribution is -2.28. The SMILES string of the molecule is CNc1c(F)cccc1C(=O)N1CCCC1. The van der Waals surface area contributed by atoms with Crippen LogP contribution in [0.15, 0.2) is 18.2 Å². The normalized spacial score (nSPS) is 15.2. The van der Waals surface area contributed by atoms with Crippen molar-refractivity contribution in [2.75, 3.05) is 25.5 Å². The summed E-state index contributed by atoms with van der Waals surface area (Å²) in [6, 6.07) is 4.58. The fourth-order valence-corrected chi connectivity index (χ4v) is 2.05. The molecule has 0 aromatic heterocycles. The molecule has 3 nitrogen and oxygen atoms in total. The van der Waals surface area contributed by atoms with E-state index < -0.39 is 0 Å². The third kappa shape index (κ3) is 1.87. The van der Waals surface area contributed by atoms with E-state index in [2.05, 4.69) is 5.32 Å². The van der Waals surface area contributed by atoms with Crippen LogP contribution >= 0.6 is 0 Å². The highest BCUT2D eigenvalue weighted by Gasteiger charge is 2.22. The molecule has 86 valence electrons. The van der Waals surface area contributed by atoms with Crippen LogP contribution < -0.4 is 5.32 Å². The topological polar surface area (TPSA) is 32.3 Å². The van der Waals surface area contributed by atoms with Crippen molar-refractivity contribution in [3.63, 3.8) is 0 Å². The van der Waals surface area contributed by atoms with Crippen LogP contribution in [0.4, 0.5) is 10.1 Å². The molecule has 4 heteroatoms. The maximum atomic E-state index is 13.5. The Morgan fingerprint density at radius 1 is 1.38 bits per heavy atom. The molecule has 1 aliphatic heterocycles. The van der Waals surface area contributed by atoms with Crippen molar-refractivity contribution in [2.45, 2.75) is 12.8 Å². The van der Waals surface area contributed by atoms with Gasteiger partial charge in [-0.1, -0.05) is 6.07 Å². The van der Waals surface area contributed by atoms with Crippen LogP contribution in [0.25, 0.3) is 0 Å². The molecule has 0 aliphatic carbocycles. The molecule has 0 atom stereocenters. The molecule has 1 aliphatic rings. The molecule has 0 spiro atoms. The van der Waals surface area contributed by atoms with Crippen LogP contribution in [0.1, 0.15) is 23.2 Å². The number of halogens is 1.